The smallest absolute Gasteiger partial charge is 0.136 e. The number of rotatable bonds is 8. The van der Waals surface area contributed by atoms with Crippen molar-refractivity contribution in [3.63, 3.8) is 0 Å². The van der Waals surface area contributed by atoms with Crippen molar-refractivity contribution in [1.82, 2.24) is 0 Å². The predicted octanol–water partition coefficient (Wildman–Crippen LogP) is 16.5. The van der Waals surface area contributed by atoms with Crippen LogP contribution in [0.1, 0.15) is 0 Å². The quantitative estimate of drug-likeness (QED) is 0.153. The second kappa shape index (κ2) is 15.1. The molecule has 0 spiro atoms. The van der Waals surface area contributed by atoms with Crippen LogP contribution in [0, 0.1) is 0 Å². The van der Waals surface area contributed by atoms with E-state index in [-0.39, 0.29) is 0 Å². The van der Waals surface area contributed by atoms with Crippen LogP contribution in [0.4, 0.5) is 17.1 Å². The van der Waals surface area contributed by atoms with Gasteiger partial charge in [-0.3, -0.25) is 0 Å². The van der Waals surface area contributed by atoms with Crippen LogP contribution in [-0.4, -0.2) is 0 Å². The highest BCUT2D eigenvalue weighted by molar-refractivity contribution is 6.12. The average Bonchev–Trinajstić information content (AvgIpc) is 3.72. The number of hydrogen-bond donors (Lipinski definition) is 0. The number of para-hydroxylation sites is 1. The van der Waals surface area contributed by atoms with Crippen LogP contribution >= 0.6 is 0 Å². The minimum atomic E-state index is 0.894. The molecule has 11 rings (SSSR count). The minimum absolute atomic E-state index is 0.894. The van der Waals surface area contributed by atoms with Crippen molar-refractivity contribution in [1.29, 1.82) is 0 Å². The van der Waals surface area contributed by atoms with Gasteiger partial charge in [-0.15, -0.1) is 0 Å². The fraction of sp³-hybridized carbons (Fsp3) is 0. The summed E-state index contributed by atoms with van der Waals surface area (Å²) in [4.78, 5) is 2.42. The van der Waals surface area contributed by atoms with Crippen molar-refractivity contribution in [3.05, 3.63) is 237 Å². The van der Waals surface area contributed by atoms with Crippen LogP contribution in [0.5, 0.6) is 0 Å². The Kier molecular flexibility index (Phi) is 8.87. The number of furan rings is 1. The Balaban J connectivity index is 1.12. The lowest BCUT2D eigenvalue weighted by Gasteiger charge is -2.30. The number of fused-ring (bicyclic) bond motifs is 4. The van der Waals surface area contributed by atoms with Gasteiger partial charge in [0.25, 0.3) is 0 Å². The summed E-state index contributed by atoms with van der Waals surface area (Å²) in [6.45, 7) is 0. The molecule has 0 unspecified atom stereocenters. The third-order valence-electron chi connectivity index (χ3n) is 11.7. The van der Waals surface area contributed by atoms with Crippen LogP contribution in [0.15, 0.2) is 241 Å². The van der Waals surface area contributed by atoms with Gasteiger partial charge in [0.2, 0.25) is 0 Å². The van der Waals surface area contributed by atoms with Gasteiger partial charge in [0.1, 0.15) is 11.2 Å². The molecule has 0 atom stereocenters. The molecule has 0 aliphatic carbocycles. The van der Waals surface area contributed by atoms with E-state index < -0.39 is 0 Å². The zero-order chi connectivity index (χ0) is 39.8. The van der Waals surface area contributed by atoms with Crippen LogP contribution < -0.4 is 4.90 Å². The maximum Gasteiger partial charge on any atom is 0.136 e. The number of anilines is 3. The van der Waals surface area contributed by atoms with E-state index in [0.717, 1.165) is 50.1 Å². The average molecular weight is 766 g/mol. The van der Waals surface area contributed by atoms with Crippen molar-refractivity contribution in [2.45, 2.75) is 0 Å². The molecular weight excluding hydrogens is 727 g/mol. The summed E-state index contributed by atoms with van der Waals surface area (Å²) in [6.07, 6.45) is 0. The van der Waals surface area contributed by atoms with Crippen LogP contribution in [0.2, 0.25) is 0 Å². The van der Waals surface area contributed by atoms with Gasteiger partial charge in [0, 0.05) is 27.7 Å². The normalized spacial score (nSPS) is 11.3. The molecule has 0 amide bonds. The maximum atomic E-state index is 6.29. The topological polar surface area (TPSA) is 16.4 Å². The lowest BCUT2D eigenvalue weighted by atomic mass is 9.87. The number of benzene rings is 10. The summed E-state index contributed by atoms with van der Waals surface area (Å²) < 4.78 is 6.29. The first kappa shape index (κ1) is 35.2. The number of hydrogen-bond acceptors (Lipinski definition) is 2. The summed E-state index contributed by atoms with van der Waals surface area (Å²) in [7, 11) is 0. The molecule has 60 heavy (non-hydrogen) atoms. The molecule has 0 aliphatic rings. The Labute approximate surface area is 349 Å². The van der Waals surface area contributed by atoms with Gasteiger partial charge in [-0.1, -0.05) is 188 Å². The minimum Gasteiger partial charge on any atom is -0.456 e. The monoisotopic (exact) mass is 765 g/mol. The van der Waals surface area contributed by atoms with E-state index in [1.165, 1.54) is 55.3 Å². The highest BCUT2D eigenvalue weighted by Gasteiger charge is 2.23. The van der Waals surface area contributed by atoms with Crippen LogP contribution in [-0.2, 0) is 0 Å². The molecule has 0 aliphatic heterocycles. The highest BCUT2D eigenvalue weighted by atomic mass is 16.3. The fourth-order valence-electron chi connectivity index (χ4n) is 8.84. The molecule has 0 saturated heterocycles. The van der Waals surface area contributed by atoms with Crippen LogP contribution in [0.3, 0.4) is 0 Å². The second-order valence-corrected chi connectivity index (χ2v) is 15.2. The summed E-state index contributed by atoms with van der Waals surface area (Å²) in [5.41, 5.74) is 16.7. The first-order valence-electron chi connectivity index (χ1n) is 20.5. The largest absolute Gasteiger partial charge is 0.456 e. The van der Waals surface area contributed by atoms with Gasteiger partial charge in [0.05, 0.1) is 5.69 Å². The third kappa shape index (κ3) is 6.32. The van der Waals surface area contributed by atoms with Gasteiger partial charge in [-0.2, -0.15) is 0 Å². The molecule has 282 valence electrons. The Morgan fingerprint density at radius 2 is 0.817 bits per heavy atom. The molecule has 0 fully saturated rings. The lowest BCUT2D eigenvalue weighted by Crippen LogP contribution is -2.12. The highest BCUT2D eigenvalue weighted by Crippen LogP contribution is 2.48. The second-order valence-electron chi connectivity index (χ2n) is 15.2. The van der Waals surface area contributed by atoms with Crippen molar-refractivity contribution < 1.29 is 4.42 Å². The summed E-state index contributed by atoms with van der Waals surface area (Å²) in [5, 5.41) is 4.74. The standard InChI is InChI=1S/C58H39NO/c1-3-16-42(17-4-1)49-21-9-10-22-52(49)57-50(43-18-5-2-6-19-43)24-13-26-54(57)59(47-35-31-41(32-36-47)46-30-29-40-15-7-8-20-45(40)39-46)48-37-33-44(34-38-48)51-25-14-28-56-58(51)53-23-11-12-27-55(53)60-56/h1-39H. The third-order valence-corrected chi connectivity index (χ3v) is 11.7. The van der Waals surface area contributed by atoms with E-state index >= 15 is 0 Å². The zero-order valence-electron chi connectivity index (χ0n) is 32.9. The Morgan fingerprint density at radius 1 is 0.300 bits per heavy atom. The molecule has 1 aromatic heterocycles. The lowest BCUT2D eigenvalue weighted by molar-refractivity contribution is 0.669. The van der Waals surface area contributed by atoms with Crippen molar-refractivity contribution in [3.8, 4) is 55.6 Å². The Bertz CT molecular complexity index is 3290. The Hall–Kier alpha value is -7.94. The molecule has 2 nitrogen and oxygen atoms in total. The molecule has 0 radical (unpaired) electrons. The molecule has 0 N–H and O–H groups in total. The number of nitrogens with zero attached hydrogens (tertiary/aromatic N) is 1. The molecule has 0 saturated carbocycles. The van der Waals surface area contributed by atoms with E-state index in [1.54, 1.807) is 0 Å². The van der Waals surface area contributed by atoms with Gasteiger partial charge < -0.3 is 9.32 Å². The summed E-state index contributed by atoms with van der Waals surface area (Å²) in [5.74, 6) is 0. The summed E-state index contributed by atoms with van der Waals surface area (Å²) >= 11 is 0. The van der Waals surface area contributed by atoms with E-state index in [1.807, 2.05) is 12.1 Å². The van der Waals surface area contributed by atoms with E-state index in [4.69, 9.17) is 4.42 Å². The zero-order valence-corrected chi connectivity index (χ0v) is 32.9. The van der Waals surface area contributed by atoms with Crippen molar-refractivity contribution in [2.75, 3.05) is 4.90 Å². The molecule has 0 bridgehead atoms. The SMILES string of the molecule is c1ccc(-c2ccccc2-c2c(-c3ccccc3)cccc2N(c2ccc(-c3ccc4ccccc4c3)cc2)c2ccc(-c3cccc4oc5ccccc5c34)cc2)cc1. The fourth-order valence-corrected chi connectivity index (χ4v) is 8.84. The first-order chi connectivity index (χ1) is 29.8. The molecule has 2 heteroatoms. The molecular formula is C58H39NO. The first-order valence-corrected chi connectivity index (χ1v) is 20.5. The maximum absolute atomic E-state index is 6.29. The van der Waals surface area contributed by atoms with E-state index in [2.05, 4.69) is 229 Å². The molecule has 10 aromatic carbocycles. The van der Waals surface area contributed by atoms with E-state index in [9.17, 15) is 0 Å². The van der Waals surface area contributed by atoms with Gasteiger partial charge in [-0.25, -0.2) is 0 Å². The van der Waals surface area contributed by atoms with E-state index in [0.29, 0.717) is 0 Å². The van der Waals surface area contributed by atoms with Gasteiger partial charge >= 0.3 is 0 Å². The van der Waals surface area contributed by atoms with Crippen LogP contribution in [0.25, 0.3) is 88.3 Å². The molecule has 11 aromatic rings. The van der Waals surface area contributed by atoms with Gasteiger partial charge in [-0.05, 0) is 109 Å². The van der Waals surface area contributed by atoms with Crippen molar-refractivity contribution in [2.24, 2.45) is 0 Å². The molecule has 1 heterocycles. The Morgan fingerprint density at radius 3 is 1.57 bits per heavy atom. The van der Waals surface area contributed by atoms with Crippen molar-refractivity contribution >= 4 is 49.8 Å². The van der Waals surface area contributed by atoms with Gasteiger partial charge in [0.15, 0.2) is 0 Å². The predicted molar refractivity (Wildman–Crippen MR) is 253 cm³/mol. The summed E-state index contributed by atoms with van der Waals surface area (Å²) in [6, 6.07) is 85.0.